The zero-order valence-electron chi connectivity index (χ0n) is 15.3. The third-order valence-electron chi connectivity index (χ3n) is 4.18. The lowest BCUT2D eigenvalue weighted by Gasteiger charge is -2.15. The van der Waals surface area contributed by atoms with E-state index in [1.165, 1.54) is 12.1 Å². The van der Waals surface area contributed by atoms with Crippen molar-refractivity contribution in [2.75, 3.05) is 14.2 Å². The summed E-state index contributed by atoms with van der Waals surface area (Å²) < 4.78 is 35.7. The van der Waals surface area contributed by atoms with Crippen LogP contribution in [-0.4, -0.2) is 32.2 Å². The Hall–Kier alpha value is -2.84. The number of hydrogen-bond acceptors (Lipinski definition) is 5. The molecular formula is C19H21N3O4S. The molecule has 1 aromatic heterocycles. The molecule has 0 unspecified atom stereocenters. The number of nitrogens with two attached hydrogens (primary N) is 1. The first-order valence-electron chi connectivity index (χ1n) is 8.19. The number of ether oxygens (including phenoxy) is 2. The van der Waals surface area contributed by atoms with Crippen molar-refractivity contribution in [2.24, 2.45) is 5.14 Å². The number of imidazole rings is 1. The molecule has 0 aliphatic heterocycles. The molecule has 142 valence electrons. The standard InChI is InChI=1S/C19H21N3O4S/c1-13-10-16(18(26-3)17(11-13)25-2)19-21-8-9-22(19)12-14-4-6-15(7-5-14)27(20,23)24/h4-11H,12H2,1-3H3,(H2,20,23,24). The summed E-state index contributed by atoms with van der Waals surface area (Å²) in [6.07, 6.45) is 3.57. The first-order chi connectivity index (χ1) is 12.8. The third kappa shape index (κ3) is 3.96. The molecule has 0 aliphatic carbocycles. The van der Waals surface area contributed by atoms with Gasteiger partial charge in [-0.1, -0.05) is 12.1 Å². The van der Waals surface area contributed by atoms with Crippen molar-refractivity contribution in [3.63, 3.8) is 0 Å². The van der Waals surface area contributed by atoms with E-state index in [1.807, 2.05) is 29.8 Å². The van der Waals surface area contributed by atoms with Crippen molar-refractivity contribution in [1.82, 2.24) is 9.55 Å². The minimum Gasteiger partial charge on any atom is -0.493 e. The van der Waals surface area contributed by atoms with Crippen LogP contribution in [0.25, 0.3) is 11.4 Å². The highest BCUT2D eigenvalue weighted by atomic mass is 32.2. The van der Waals surface area contributed by atoms with Crippen LogP contribution in [0.1, 0.15) is 11.1 Å². The van der Waals surface area contributed by atoms with Crippen molar-refractivity contribution >= 4 is 10.0 Å². The Bertz CT molecular complexity index is 1060. The molecule has 0 bridgehead atoms. The summed E-state index contributed by atoms with van der Waals surface area (Å²) in [5.74, 6) is 1.98. The SMILES string of the molecule is COc1cc(C)cc(-c2nccn2Cc2ccc(S(N)(=O)=O)cc2)c1OC. The van der Waals surface area contributed by atoms with E-state index >= 15 is 0 Å². The quantitative estimate of drug-likeness (QED) is 0.701. The summed E-state index contributed by atoms with van der Waals surface area (Å²) >= 11 is 0. The number of sulfonamides is 1. The first-order valence-corrected chi connectivity index (χ1v) is 9.74. The van der Waals surface area contributed by atoms with Crippen LogP contribution in [0, 0.1) is 6.92 Å². The first kappa shape index (κ1) is 18.9. The van der Waals surface area contributed by atoms with Crippen LogP contribution in [0.3, 0.4) is 0 Å². The molecule has 0 saturated heterocycles. The van der Waals surface area contributed by atoms with Gasteiger partial charge in [0.25, 0.3) is 0 Å². The van der Waals surface area contributed by atoms with Gasteiger partial charge in [-0.15, -0.1) is 0 Å². The van der Waals surface area contributed by atoms with Gasteiger partial charge >= 0.3 is 0 Å². The fourth-order valence-corrected chi connectivity index (χ4v) is 3.45. The average Bonchev–Trinajstić information content (AvgIpc) is 3.08. The number of aromatic nitrogens is 2. The third-order valence-corrected chi connectivity index (χ3v) is 5.11. The highest BCUT2D eigenvalue weighted by Crippen LogP contribution is 2.38. The molecule has 0 fully saturated rings. The normalized spacial score (nSPS) is 11.4. The lowest BCUT2D eigenvalue weighted by Crippen LogP contribution is -2.12. The molecule has 3 rings (SSSR count). The Balaban J connectivity index is 1.99. The maximum absolute atomic E-state index is 11.4. The Morgan fingerprint density at radius 2 is 1.81 bits per heavy atom. The molecule has 1 heterocycles. The molecule has 0 saturated carbocycles. The number of rotatable bonds is 6. The molecule has 8 heteroatoms. The van der Waals surface area contributed by atoms with E-state index in [2.05, 4.69) is 4.98 Å². The fraction of sp³-hybridized carbons (Fsp3) is 0.211. The molecule has 2 N–H and O–H groups in total. The minimum atomic E-state index is -3.70. The van der Waals surface area contributed by atoms with Gasteiger partial charge in [0.15, 0.2) is 11.5 Å². The largest absolute Gasteiger partial charge is 0.493 e. The van der Waals surface area contributed by atoms with E-state index in [4.69, 9.17) is 14.6 Å². The van der Waals surface area contributed by atoms with E-state index in [1.54, 1.807) is 32.5 Å². The topological polar surface area (TPSA) is 96.4 Å². The molecule has 0 aliphatic rings. The zero-order chi connectivity index (χ0) is 19.6. The van der Waals surface area contributed by atoms with Crippen molar-refractivity contribution in [2.45, 2.75) is 18.4 Å². The molecule has 0 atom stereocenters. The number of hydrogen-bond donors (Lipinski definition) is 1. The Morgan fingerprint density at radius 3 is 2.41 bits per heavy atom. The summed E-state index contributed by atoms with van der Waals surface area (Å²) in [7, 11) is -0.513. The smallest absolute Gasteiger partial charge is 0.238 e. The second kappa shape index (κ2) is 7.42. The number of nitrogens with zero attached hydrogens (tertiary/aromatic N) is 2. The Kier molecular flexibility index (Phi) is 5.20. The molecule has 0 spiro atoms. The molecular weight excluding hydrogens is 366 g/mol. The van der Waals surface area contributed by atoms with Crippen molar-refractivity contribution in [1.29, 1.82) is 0 Å². The van der Waals surface area contributed by atoms with Gasteiger partial charge in [0.1, 0.15) is 5.82 Å². The summed E-state index contributed by atoms with van der Waals surface area (Å²) in [6, 6.07) is 10.4. The highest BCUT2D eigenvalue weighted by molar-refractivity contribution is 7.89. The minimum absolute atomic E-state index is 0.0854. The molecule has 27 heavy (non-hydrogen) atoms. The zero-order valence-corrected chi connectivity index (χ0v) is 16.2. The van der Waals surface area contributed by atoms with Crippen LogP contribution in [-0.2, 0) is 16.6 Å². The van der Waals surface area contributed by atoms with Gasteiger partial charge in [-0.3, -0.25) is 0 Å². The van der Waals surface area contributed by atoms with Crippen molar-refractivity contribution in [3.8, 4) is 22.9 Å². The van der Waals surface area contributed by atoms with Crippen LogP contribution in [0.4, 0.5) is 0 Å². The van der Waals surface area contributed by atoms with Crippen molar-refractivity contribution < 1.29 is 17.9 Å². The van der Waals surface area contributed by atoms with Gasteiger partial charge in [0, 0.05) is 18.9 Å². The van der Waals surface area contributed by atoms with Gasteiger partial charge in [-0.05, 0) is 42.3 Å². The van der Waals surface area contributed by atoms with E-state index in [-0.39, 0.29) is 4.90 Å². The highest BCUT2D eigenvalue weighted by Gasteiger charge is 2.17. The summed E-state index contributed by atoms with van der Waals surface area (Å²) in [4.78, 5) is 4.56. The number of aryl methyl sites for hydroxylation is 1. The summed E-state index contributed by atoms with van der Waals surface area (Å²) in [6.45, 7) is 2.49. The summed E-state index contributed by atoms with van der Waals surface area (Å²) in [5, 5.41) is 5.15. The van der Waals surface area contributed by atoms with E-state index in [0.717, 1.165) is 22.5 Å². The fourth-order valence-electron chi connectivity index (χ4n) is 2.93. The predicted octanol–water partition coefficient (Wildman–Crippen LogP) is 2.57. The van der Waals surface area contributed by atoms with E-state index < -0.39 is 10.0 Å². The number of primary sulfonamides is 1. The van der Waals surface area contributed by atoms with E-state index in [9.17, 15) is 8.42 Å². The van der Waals surface area contributed by atoms with Crippen LogP contribution in [0.2, 0.25) is 0 Å². The van der Waals surface area contributed by atoms with Gasteiger partial charge in [0.05, 0.1) is 24.7 Å². The molecule has 3 aromatic rings. The van der Waals surface area contributed by atoms with Crippen LogP contribution >= 0.6 is 0 Å². The Morgan fingerprint density at radius 1 is 1.11 bits per heavy atom. The maximum atomic E-state index is 11.4. The van der Waals surface area contributed by atoms with Crippen LogP contribution in [0.15, 0.2) is 53.7 Å². The molecule has 7 nitrogen and oxygen atoms in total. The van der Waals surface area contributed by atoms with Crippen LogP contribution in [0.5, 0.6) is 11.5 Å². The number of methoxy groups -OCH3 is 2. The molecule has 2 aromatic carbocycles. The predicted molar refractivity (Wildman–Crippen MR) is 102 cm³/mol. The van der Waals surface area contributed by atoms with Crippen molar-refractivity contribution in [3.05, 3.63) is 59.9 Å². The molecule has 0 amide bonds. The van der Waals surface area contributed by atoms with Gasteiger partial charge < -0.3 is 14.0 Å². The lowest BCUT2D eigenvalue weighted by atomic mass is 10.1. The van der Waals surface area contributed by atoms with Gasteiger partial charge in [0.2, 0.25) is 10.0 Å². The number of benzene rings is 2. The van der Waals surface area contributed by atoms with Gasteiger partial charge in [-0.25, -0.2) is 18.5 Å². The van der Waals surface area contributed by atoms with Crippen LogP contribution < -0.4 is 14.6 Å². The van der Waals surface area contributed by atoms with E-state index in [0.29, 0.717) is 18.0 Å². The average molecular weight is 387 g/mol. The second-order valence-corrected chi connectivity index (χ2v) is 7.68. The second-order valence-electron chi connectivity index (χ2n) is 6.12. The lowest BCUT2D eigenvalue weighted by molar-refractivity contribution is 0.355. The maximum Gasteiger partial charge on any atom is 0.238 e. The van der Waals surface area contributed by atoms with Gasteiger partial charge in [-0.2, -0.15) is 0 Å². The monoisotopic (exact) mass is 387 g/mol. The summed E-state index contributed by atoms with van der Waals surface area (Å²) in [5.41, 5.74) is 2.76. The molecule has 0 radical (unpaired) electrons. The Labute approximate surface area is 158 Å².